The molecule has 2 atom stereocenters. The summed E-state index contributed by atoms with van der Waals surface area (Å²) in [5.41, 5.74) is -0.154. The molecular formula is C19H21N3O5. The predicted molar refractivity (Wildman–Crippen MR) is 93.8 cm³/mol. The lowest BCUT2D eigenvalue weighted by molar-refractivity contribution is -0.139. The van der Waals surface area contributed by atoms with Gasteiger partial charge in [0.2, 0.25) is 0 Å². The molecule has 2 heterocycles. The van der Waals surface area contributed by atoms with Crippen LogP contribution in [0.2, 0.25) is 0 Å². The third-order valence-electron chi connectivity index (χ3n) is 6.29. The number of piperidine rings is 1. The second-order valence-corrected chi connectivity index (χ2v) is 7.86. The van der Waals surface area contributed by atoms with Crippen molar-refractivity contribution in [1.82, 2.24) is 15.5 Å². The number of nitrogens with zero attached hydrogens (tertiary/aromatic N) is 1. The molecule has 1 aromatic rings. The van der Waals surface area contributed by atoms with Gasteiger partial charge < -0.3 is 15.3 Å². The van der Waals surface area contributed by atoms with Gasteiger partial charge in [-0.25, -0.2) is 4.79 Å². The monoisotopic (exact) mass is 371 g/mol. The first-order chi connectivity index (χ1) is 12.7. The Morgan fingerprint density at radius 3 is 2.26 bits per heavy atom. The zero-order valence-electron chi connectivity index (χ0n) is 14.9. The Kier molecular flexibility index (Phi) is 3.76. The van der Waals surface area contributed by atoms with Crippen LogP contribution in [0.3, 0.4) is 0 Å². The highest BCUT2D eigenvalue weighted by atomic mass is 16.4. The number of carboxylic acids is 1. The fourth-order valence-corrected chi connectivity index (χ4v) is 4.28. The van der Waals surface area contributed by atoms with Crippen molar-refractivity contribution in [2.24, 2.45) is 11.3 Å². The Morgan fingerprint density at radius 1 is 1.15 bits per heavy atom. The van der Waals surface area contributed by atoms with Crippen LogP contribution in [-0.4, -0.2) is 46.9 Å². The maximum Gasteiger partial charge on any atom is 0.322 e. The number of likely N-dealkylation sites (tertiary alicyclic amines) is 1. The van der Waals surface area contributed by atoms with Gasteiger partial charge in [0, 0.05) is 18.7 Å². The summed E-state index contributed by atoms with van der Waals surface area (Å²) in [6.07, 6.45) is 2.15. The lowest BCUT2D eigenvalue weighted by Crippen LogP contribution is -2.41. The van der Waals surface area contributed by atoms with Crippen LogP contribution >= 0.6 is 0 Å². The van der Waals surface area contributed by atoms with Gasteiger partial charge in [0.1, 0.15) is 5.54 Å². The van der Waals surface area contributed by atoms with E-state index < -0.39 is 23.4 Å². The molecule has 0 radical (unpaired) electrons. The van der Waals surface area contributed by atoms with Gasteiger partial charge in [0.15, 0.2) is 0 Å². The van der Waals surface area contributed by atoms with E-state index in [2.05, 4.69) is 10.6 Å². The molecule has 3 aliphatic rings. The lowest BCUT2D eigenvalue weighted by atomic mass is 9.90. The summed E-state index contributed by atoms with van der Waals surface area (Å²) in [4.78, 5) is 49.0. The van der Waals surface area contributed by atoms with Gasteiger partial charge in [-0.05, 0) is 49.3 Å². The minimum atomic E-state index is -1.14. The van der Waals surface area contributed by atoms with E-state index in [1.165, 1.54) is 0 Å². The van der Waals surface area contributed by atoms with E-state index in [4.69, 9.17) is 5.11 Å². The molecule has 1 spiro atoms. The van der Waals surface area contributed by atoms with Gasteiger partial charge in [0.25, 0.3) is 11.8 Å². The van der Waals surface area contributed by atoms with Crippen LogP contribution in [0.25, 0.3) is 0 Å². The van der Waals surface area contributed by atoms with Crippen molar-refractivity contribution in [3.8, 4) is 0 Å². The van der Waals surface area contributed by atoms with Gasteiger partial charge in [-0.15, -0.1) is 0 Å². The standard InChI is InChI=1S/C19H21N3O5/c1-18(16(26)20-17(27)21-18)12-4-2-11(3-5-12)14(23)22-8-6-19(7-9-22)10-13(19)15(24)25/h2-5,13H,6-10H2,1H3,(H,24,25)(H2,20,21,26,27). The molecule has 142 valence electrons. The van der Waals surface area contributed by atoms with Crippen molar-refractivity contribution < 1.29 is 24.3 Å². The van der Waals surface area contributed by atoms with E-state index in [0.717, 1.165) is 12.8 Å². The minimum Gasteiger partial charge on any atom is -0.481 e. The SMILES string of the molecule is CC1(c2ccc(C(=O)N3CCC4(CC3)CC4C(=O)O)cc2)NC(=O)NC1=O. The normalized spacial score (nSPS) is 28.6. The van der Waals surface area contributed by atoms with E-state index >= 15 is 0 Å². The van der Waals surface area contributed by atoms with E-state index in [0.29, 0.717) is 30.6 Å². The minimum absolute atomic E-state index is 0.103. The summed E-state index contributed by atoms with van der Waals surface area (Å²) < 4.78 is 0. The third-order valence-corrected chi connectivity index (χ3v) is 6.29. The largest absolute Gasteiger partial charge is 0.481 e. The Morgan fingerprint density at radius 2 is 1.78 bits per heavy atom. The second-order valence-electron chi connectivity index (χ2n) is 7.86. The maximum atomic E-state index is 12.7. The predicted octanol–water partition coefficient (Wildman–Crippen LogP) is 1.07. The summed E-state index contributed by atoms with van der Waals surface area (Å²) in [5, 5.41) is 14.0. The molecule has 4 rings (SSSR count). The van der Waals surface area contributed by atoms with E-state index in [1.54, 1.807) is 36.1 Å². The number of urea groups is 1. The van der Waals surface area contributed by atoms with Crippen LogP contribution in [0.15, 0.2) is 24.3 Å². The van der Waals surface area contributed by atoms with Crippen LogP contribution in [0, 0.1) is 11.3 Å². The number of carboxylic acid groups (broad SMARTS) is 1. The molecule has 2 aliphatic heterocycles. The number of hydrogen-bond acceptors (Lipinski definition) is 4. The Labute approximate surface area is 155 Å². The number of imide groups is 1. The van der Waals surface area contributed by atoms with Crippen LogP contribution in [-0.2, 0) is 15.1 Å². The van der Waals surface area contributed by atoms with E-state index in [1.807, 2.05) is 0 Å². The second kappa shape index (κ2) is 5.80. The molecule has 27 heavy (non-hydrogen) atoms. The molecule has 1 aliphatic carbocycles. The van der Waals surface area contributed by atoms with Crippen molar-refractivity contribution in [3.05, 3.63) is 35.4 Å². The Balaban J connectivity index is 1.43. The summed E-state index contributed by atoms with van der Waals surface area (Å²) in [7, 11) is 0. The number of rotatable bonds is 3. The topological polar surface area (TPSA) is 116 Å². The Hall–Kier alpha value is -2.90. The fraction of sp³-hybridized carbons (Fsp3) is 0.474. The number of benzene rings is 1. The van der Waals surface area contributed by atoms with Crippen LogP contribution < -0.4 is 10.6 Å². The van der Waals surface area contributed by atoms with Crippen molar-refractivity contribution in [2.75, 3.05) is 13.1 Å². The molecule has 1 aromatic carbocycles. The zero-order valence-corrected chi connectivity index (χ0v) is 14.9. The smallest absolute Gasteiger partial charge is 0.322 e. The van der Waals surface area contributed by atoms with Crippen molar-refractivity contribution in [1.29, 1.82) is 0 Å². The molecule has 0 bridgehead atoms. The first-order valence-electron chi connectivity index (χ1n) is 9.01. The summed E-state index contributed by atoms with van der Waals surface area (Å²) >= 11 is 0. The summed E-state index contributed by atoms with van der Waals surface area (Å²) in [6.45, 7) is 2.73. The first-order valence-corrected chi connectivity index (χ1v) is 9.01. The number of amides is 4. The molecule has 4 amide bonds. The van der Waals surface area contributed by atoms with Crippen molar-refractivity contribution >= 4 is 23.8 Å². The highest BCUT2D eigenvalue weighted by molar-refractivity contribution is 6.07. The summed E-state index contributed by atoms with van der Waals surface area (Å²) in [5.74, 6) is -1.52. The van der Waals surface area contributed by atoms with Crippen molar-refractivity contribution in [2.45, 2.75) is 31.7 Å². The van der Waals surface area contributed by atoms with Crippen LogP contribution in [0.5, 0.6) is 0 Å². The molecular weight excluding hydrogens is 350 g/mol. The number of carbonyl (C=O) groups excluding carboxylic acids is 3. The fourth-order valence-electron chi connectivity index (χ4n) is 4.28. The number of aliphatic carboxylic acids is 1. The molecule has 8 heteroatoms. The third kappa shape index (κ3) is 2.75. The summed E-state index contributed by atoms with van der Waals surface area (Å²) in [6, 6.07) is 6.12. The van der Waals surface area contributed by atoms with Gasteiger partial charge in [-0.1, -0.05) is 12.1 Å². The molecule has 2 saturated heterocycles. The number of carbonyl (C=O) groups is 4. The van der Waals surface area contributed by atoms with Crippen molar-refractivity contribution in [3.63, 3.8) is 0 Å². The first kappa shape index (κ1) is 17.5. The highest BCUT2D eigenvalue weighted by Gasteiger charge is 2.59. The average molecular weight is 371 g/mol. The highest BCUT2D eigenvalue weighted by Crippen LogP contribution is 2.59. The van der Waals surface area contributed by atoms with Crippen LogP contribution in [0.4, 0.5) is 4.79 Å². The quantitative estimate of drug-likeness (QED) is 0.688. The van der Waals surface area contributed by atoms with Gasteiger partial charge >= 0.3 is 12.0 Å². The lowest BCUT2D eigenvalue weighted by Gasteiger charge is -2.32. The molecule has 2 unspecified atom stereocenters. The van der Waals surface area contributed by atoms with Gasteiger partial charge in [-0.2, -0.15) is 0 Å². The molecule has 3 N–H and O–H groups in total. The Bertz CT molecular complexity index is 841. The molecule has 0 aromatic heterocycles. The van der Waals surface area contributed by atoms with E-state index in [-0.39, 0.29) is 17.2 Å². The number of hydrogen-bond donors (Lipinski definition) is 3. The maximum absolute atomic E-state index is 12.7. The number of nitrogens with one attached hydrogen (secondary N) is 2. The van der Waals surface area contributed by atoms with Gasteiger partial charge in [0.05, 0.1) is 5.92 Å². The molecule has 3 fully saturated rings. The molecule has 1 saturated carbocycles. The zero-order chi connectivity index (χ0) is 19.4. The average Bonchev–Trinajstić information content (AvgIpc) is 3.27. The van der Waals surface area contributed by atoms with Crippen LogP contribution in [0.1, 0.15) is 42.1 Å². The molecule has 8 nitrogen and oxygen atoms in total. The van der Waals surface area contributed by atoms with Gasteiger partial charge in [-0.3, -0.25) is 19.7 Å². The van der Waals surface area contributed by atoms with E-state index in [9.17, 15) is 19.2 Å².